The third-order valence-corrected chi connectivity index (χ3v) is 13.0. The fourth-order valence-electron chi connectivity index (χ4n) is 9.99. The van der Waals surface area contributed by atoms with Crippen LogP contribution < -0.4 is 0 Å². The minimum atomic E-state index is 0.374. The number of hydrogen-bond donors (Lipinski definition) is 0. The van der Waals surface area contributed by atoms with Crippen molar-refractivity contribution in [1.82, 2.24) is 9.97 Å². The Balaban J connectivity index is 1.04. The molecule has 280 valence electrons. The molecule has 0 amide bonds. The Morgan fingerprint density at radius 3 is 2.27 bits per heavy atom. The number of furan rings is 1. The fourth-order valence-corrected chi connectivity index (χ4v) is 9.99. The van der Waals surface area contributed by atoms with E-state index in [1.54, 1.807) is 0 Å². The molecular formula is C56H40N2O. The van der Waals surface area contributed by atoms with Gasteiger partial charge in [0.15, 0.2) is 0 Å². The van der Waals surface area contributed by atoms with Gasteiger partial charge in [-0.3, -0.25) is 4.98 Å². The minimum Gasteiger partial charge on any atom is -0.456 e. The molecule has 3 atom stereocenters. The van der Waals surface area contributed by atoms with Crippen LogP contribution >= 0.6 is 0 Å². The van der Waals surface area contributed by atoms with Crippen LogP contribution in [0.5, 0.6) is 0 Å². The van der Waals surface area contributed by atoms with E-state index in [9.17, 15) is 0 Å². The van der Waals surface area contributed by atoms with Gasteiger partial charge in [0.05, 0.1) is 22.9 Å². The number of rotatable bonds is 4. The molecule has 9 aromatic rings. The van der Waals surface area contributed by atoms with Crippen molar-refractivity contribution >= 4 is 66.0 Å². The Kier molecular flexibility index (Phi) is 7.62. The summed E-state index contributed by atoms with van der Waals surface area (Å²) in [7, 11) is 0. The van der Waals surface area contributed by atoms with Crippen LogP contribution in [-0.4, -0.2) is 9.97 Å². The molecule has 3 heteroatoms. The van der Waals surface area contributed by atoms with E-state index in [-0.39, 0.29) is 0 Å². The Hall–Kier alpha value is -7.10. The van der Waals surface area contributed by atoms with Gasteiger partial charge in [0, 0.05) is 33.2 Å². The highest BCUT2D eigenvalue weighted by molar-refractivity contribution is 6.24. The van der Waals surface area contributed by atoms with Crippen molar-refractivity contribution in [3.8, 4) is 33.5 Å². The second kappa shape index (κ2) is 13.2. The van der Waals surface area contributed by atoms with Crippen molar-refractivity contribution in [1.29, 1.82) is 0 Å². The third-order valence-electron chi connectivity index (χ3n) is 13.0. The fraction of sp³-hybridized carbons (Fsp3) is 0.107. The molecule has 0 spiro atoms. The molecule has 59 heavy (non-hydrogen) atoms. The van der Waals surface area contributed by atoms with Gasteiger partial charge in [-0.1, -0.05) is 147 Å². The molecule has 0 radical (unpaired) electrons. The summed E-state index contributed by atoms with van der Waals surface area (Å²) in [6, 6.07) is 44.4. The highest BCUT2D eigenvalue weighted by atomic mass is 16.3. The van der Waals surface area contributed by atoms with Gasteiger partial charge in [-0.05, 0) is 115 Å². The first-order chi connectivity index (χ1) is 29.1. The van der Waals surface area contributed by atoms with E-state index < -0.39 is 0 Å². The molecule has 3 aliphatic carbocycles. The van der Waals surface area contributed by atoms with Crippen LogP contribution in [0.3, 0.4) is 0 Å². The Morgan fingerprint density at radius 1 is 0.576 bits per heavy atom. The lowest BCUT2D eigenvalue weighted by molar-refractivity contribution is 0.585. The summed E-state index contributed by atoms with van der Waals surface area (Å²) >= 11 is 0. The van der Waals surface area contributed by atoms with Gasteiger partial charge in [-0.25, -0.2) is 4.98 Å². The van der Waals surface area contributed by atoms with Gasteiger partial charge in [-0.2, -0.15) is 0 Å². The number of benzene rings is 7. The maximum atomic E-state index is 6.25. The first kappa shape index (κ1) is 34.0. The van der Waals surface area contributed by atoms with E-state index in [4.69, 9.17) is 14.4 Å². The van der Waals surface area contributed by atoms with Gasteiger partial charge in [0.2, 0.25) is 0 Å². The van der Waals surface area contributed by atoms with E-state index in [0.29, 0.717) is 17.8 Å². The van der Waals surface area contributed by atoms with E-state index >= 15 is 0 Å². The molecule has 0 N–H and O–H groups in total. The molecule has 0 bridgehead atoms. The predicted molar refractivity (Wildman–Crippen MR) is 247 cm³/mol. The molecule has 2 aromatic heterocycles. The second-order valence-corrected chi connectivity index (χ2v) is 16.6. The maximum Gasteiger partial charge on any atom is 0.135 e. The molecule has 0 aliphatic heterocycles. The lowest BCUT2D eigenvalue weighted by atomic mass is 9.76. The summed E-state index contributed by atoms with van der Waals surface area (Å²) < 4.78 is 6.25. The molecule has 0 saturated carbocycles. The summed E-state index contributed by atoms with van der Waals surface area (Å²) in [5.41, 5.74) is 14.6. The number of aromatic nitrogens is 2. The predicted octanol–water partition coefficient (Wildman–Crippen LogP) is 15.1. The molecule has 2 heterocycles. The second-order valence-electron chi connectivity index (χ2n) is 16.6. The maximum absolute atomic E-state index is 6.25. The zero-order valence-corrected chi connectivity index (χ0v) is 33.0. The van der Waals surface area contributed by atoms with Gasteiger partial charge >= 0.3 is 0 Å². The van der Waals surface area contributed by atoms with Crippen molar-refractivity contribution in [3.63, 3.8) is 0 Å². The number of fused-ring (bicyclic) bond motifs is 11. The quantitative estimate of drug-likeness (QED) is 0.168. The molecular weight excluding hydrogens is 717 g/mol. The van der Waals surface area contributed by atoms with Crippen molar-refractivity contribution in [2.75, 3.05) is 0 Å². The standard InChI is InChI=1S/C56H40N2O/c1-33-20-24-44(45-17-6-5-15-41(33)45)39-22-26-47-49(31-39)48-30-38(43-18-9-12-35-11-3-4-16-42(35)43)21-25-46(48)55-56(47)58-51(32-57-55)40-14-8-13-36(28-40)37-23-27-52-50(29-37)54-34(2)10-7-19-53(54)59-52/h3-9,11-34,41H,10H2,1-2H3. The number of nitrogens with zero attached hydrogens (tertiary/aromatic N) is 2. The zero-order chi connectivity index (χ0) is 39.2. The number of allylic oxidation sites excluding steroid dienone is 9. The van der Waals surface area contributed by atoms with Crippen molar-refractivity contribution < 1.29 is 4.42 Å². The smallest absolute Gasteiger partial charge is 0.135 e. The van der Waals surface area contributed by atoms with Crippen LogP contribution in [0, 0.1) is 11.8 Å². The summed E-state index contributed by atoms with van der Waals surface area (Å²) in [6.07, 6.45) is 21.0. The van der Waals surface area contributed by atoms with Crippen molar-refractivity contribution in [2.45, 2.75) is 26.2 Å². The highest BCUT2D eigenvalue weighted by Gasteiger charge is 2.25. The lowest BCUT2D eigenvalue weighted by Gasteiger charge is -2.28. The monoisotopic (exact) mass is 756 g/mol. The topological polar surface area (TPSA) is 38.9 Å². The minimum absolute atomic E-state index is 0.374. The molecule has 12 rings (SSSR count). The van der Waals surface area contributed by atoms with Crippen molar-refractivity contribution in [2.24, 2.45) is 11.8 Å². The van der Waals surface area contributed by atoms with E-state index in [1.165, 1.54) is 60.3 Å². The average Bonchev–Trinajstić information content (AvgIpc) is 3.68. The summed E-state index contributed by atoms with van der Waals surface area (Å²) in [5, 5.41) is 8.25. The molecule has 3 aliphatic rings. The van der Waals surface area contributed by atoms with Crippen LogP contribution in [0.15, 0.2) is 180 Å². The average molecular weight is 757 g/mol. The van der Waals surface area contributed by atoms with Crippen LogP contribution in [0.1, 0.15) is 43.1 Å². The van der Waals surface area contributed by atoms with E-state index in [0.717, 1.165) is 62.0 Å². The van der Waals surface area contributed by atoms with Gasteiger partial charge in [0.1, 0.15) is 11.3 Å². The van der Waals surface area contributed by atoms with Crippen LogP contribution in [0.4, 0.5) is 0 Å². The number of hydrogen-bond acceptors (Lipinski definition) is 3. The van der Waals surface area contributed by atoms with Gasteiger partial charge < -0.3 is 4.42 Å². The molecule has 0 saturated heterocycles. The van der Waals surface area contributed by atoms with Crippen LogP contribution in [-0.2, 0) is 0 Å². The summed E-state index contributed by atoms with van der Waals surface area (Å²) in [4.78, 5) is 10.7. The summed E-state index contributed by atoms with van der Waals surface area (Å²) in [6.45, 7) is 4.60. The Bertz CT molecular complexity index is 3400. The lowest BCUT2D eigenvalue weighted by Crippen LogP contribution is -2.15. The highest BCUT2D eigenvalue weighted by Crippen LogP contribution is 2.43. The Labute approximate surface area is 343 Å². The Morgan fingerprint density at radius 2 is 1.34 bits per heavy atom. The summed E-state index contributed by atoms with van der Waals surface area (Å²) in [5.74, 6) is 2.24. The first-order valence-corrected chi connectivity index (χ1v) is 20.8. The molecule has 7 aromatic carbocycles. The normalized spacial score (nSPS) is 18.4. The molecule has 3 unspecified atom stereocenters. The van der Waals surface area contributed by atoms with Crippen LogP contribution in [0.25, 0.3) is 99.5 Å². The van der Waals surface area contributed by atoms with E-state index in [2.05, 4.69) is 184 Å². The van der Waals surface area contributed by atoms with Gasteiger partial charge in [0.25, 0.3) is 0 Å². The van der Waals surface area contributed by atoms with Gasteiger partial charge in [-0.15, -0.1) is 0 Å². The first-order valence-electron chi connectivity index (χ1n) is 20.8. The van der Waals surface area contributed by atoms with Crippen LogP contribution in [0.2, 0.25) is 0 Å². The third kappa shape index (κ3) is 5.42. The molecule has 3 nitrogen and oxygen atoms in total. The van der Waals surface area contributed by atoms with E-state index in [1.807, 2.05) is 6.20 Å². The zero-order valence-electron chi connectivity index (χ0n) is 33.0. The SMILES string of the molecule is CC1CC=Cc2oc3ccc(-c4cccc(-c5cnc6c7ccc(-c8cccc9ccccc89)cc7c7cc(C8=C9C=CC=CC9C(C)C=C8)ccc7c6n5)c4)cc3c21. The largest absolute Gasteiger partial charge is 0.456 e. The van der Waals surface area contributed by atoms with Crippen molar-refractivity contribution in [3.05, 3.63) is 193 Å². The molecule has 0 fully saturated rings.